The molecule has 5 heteroatoms. The molecule has 2 amide bonds. The number of imide groups is 1. The molecule has 0 fully saturated rings. The highest BCUT2D eigenvalue weighted by molar-refractivity contribution is 6.10. The number of rotatable bonds is 7. The third-order valence-electron chi connectivity index (χ3n) is 4.60. The lowest BCUT2D eigenvalue weighted by Gasteiger charge is -2.21. The van der Waals surface area contributed by atoms with Crippen molar-refractivity contribution < 1.29 is 19.1 Å². The van der Waals surface area contributed by atoms with Crippen molar-refractivity contribution in [1.29, 1.82) is 0 Å². The van der Waals surface area contributed by atoms with Crippen molar-refractivity contribution in [3.05, 3.63) is 95.6 Å². The van der Waals surface area contributed by atoms with E-state index in [1.165, 1.54) is 4.90 Å². The molecular weight excluding hydrogens is 366 g/mol. The number of hydrogen-bond acceptors (Lipinski definition) is 4. The summed E-state index contributed by atoms with van der Waals surface area (Å²) in [5.74, 6) is 0.606. The third kappa shape index (κ3) is 4.82. The lowest BCUT2D eigenvalue weighted by Crippen LogP contribution is -2.38. The fourth-order valence-corrected chi connectivity index (χ4v) is 3.05. The molecule has 29 heavy (non-hydrogen) atoms. The number of nitrogens with zero attached hydrogens (tertiary/aromatic N) is 1. The lowest BCUT2D eigenvalue weighted by atomic mass is 10.1. The number of benzene rings is 3. The molecule has 0 aromatic heterocycles. The quantitative estimate of drug-likeness (QED) is 0.568. The first-order valence-corrected chi connectivity index (χ1v) is 9.31. The van der Waals surface area contributed by atoms with Gasteiger partial charge in [-0.2, -0.15) is 0 Å². The first kappa shape index (κ1) is 20.1. The van der Waals surface area contributed by atoms with E-state index in [0.29, 0.717) is 29.0 Å². The highest BCUT2D eigenvalue weighted by Gasteiger charge is 2.24. The predicted molar refractivity (Wildman–Crippen MR) is 112 cm³/mol. The molecule has 0 saturated carbocycles. The average molecular weight is 389 g/mol. The molecule has 3 aromatic carbocycles. The van der Waals surface area contributed by atoms with Gasteiger partial charge < -0.3 is 9.47 Å². The van der Waals surface area contributed by atoms with Crippen LogP contribution < -0.4 is 9.47 Å². The normalized spacial score (nSPS) is 10.3. The summed E-state index contributed by atoms with van der Waals surface area (Å²) < 4.78 is 10.6. The van der Waals surface area contributed by atoms with Crippen LogP contribution in [0.5, 0.6) is 11.5 Å². The van der Waals surface area contributed by atoms with Gasteiger partial charge in [-0.25, -0.2) is 0 Å². The second-order valence-corrected chi connectivity index (χ2v) is 6.43. The maximum Gasteiger partial charge on any atom is 0.260 e. The van der Waals surface area contributed by atoms with Crippen LogP contribution in [-0.4, -0.2) is 37.5 Å². The van der Waals surface area contributed by atoms with Crippen LogP contribution in [0.1, 0.15) is 26.3 Å². The number of hydrogen-bond donors (Lipinski definition) is 0. The predicted octanol–water partition coefficient (Wildman–Crippen LogP) is 4.23. The van der Waals surface area contributed by atoms with Gasteiger partial charge >= 0.3 is 0 Å². The SMILES string of the molecule is COc1ccc(CCN(C(=O)c2ccccc2)C(=O)c2ccccc2)cc1OC. The summed E-state index contributed by atoms with van der Waals surface area (Å²) in [6.45, 7) is 0.247. The zero-order valence-electron chi connectivity index (χ0n) is 16.5. The molecular formula is C24H23NO4. The first-order chi connectivity index (χ1) is 14.1. The summed E-state index contributed by atoms with van der Waals surface area (Å²) >= 11 is 0. The summed E-state index contributed by atoms with van der Waals surface area (Å²) in [7, 11) is 3.15. The number of amides is 2. The van der Waals surface area contributed by atoms with Crippen molar-refractivity contribution in [2.45, 2.75) is 6.42 Å². The maximum absolute atomic E-state index is 13.1. The minimum atomic E-state index is -0.320. The van der Waals surface area contributed by atoms with E-state index in [1.54, 1.807) is 62.8 Å². The van der Waals surface area contributed by atoms with E-state index in [9.17, 15) is 9.59 Å². The zero-order chi connectivity index (χ0) is 20.6. The molecule has 0 aliphatic rings. The van der Waals surface area contributed by atoms with E-state index in [0.717, 1.165) is 5.56 Å². The van der Waals surface area contributed by atoms with Crippen molar-refractivity contribution in [3.8, 4) is 11.5 Å². The molecule has 0 bridgehead atoms. The Hall–Kier alpha value is -3.60. The summed E-state index contributed by atoms with van der Waals surface area (Å²) in [4.78, 5) is 27.4. The second-order valence-electron chi connectivity index (χ2n) is 6.43. The number of ether oxygens (including phenoxy) is 2. The number of carbonyl (C=O) groups is 2. The summed E-state index contributed by atoms with van der Waals surface area (Å²) in [6, 6.07) is 23.2. The van der Waals surface area contributed by atoms with Crippen molar-refractivity contribution in [2.75, 3.05) is 20.8 Å². The van der Waals surface area contributed by atoms with Gasteiger partial charge in [-0.1, -0.05) is 42.5 Å². The van der Waals surface area contributed by atoms with Crippen molar-refractivity contribution in [2.24, 2.45) is 0 Å². The molecule has 0 aliphatic heterocycles. The monoisotopic (exact) mass is 389 g/mol. The topological polar surface area (TPSA) is 55.8 Å². The standard InChI is InChI=1S/C24H23NO4/c1-28-21-14-13-18(17-22(21)29-2)15-16-25(23(26)19-9-5-3-6-10-19)24(27)20-11-7-4-8-12-20/h3-14,17H,15-16H2,1-2H3. The summed E-state index contributed by atoms with van der Waals surface area (Å²) in [6.07, 6.45) is 0.498. The number of methoxy groups -OCH3 is 2. The fourth-order valence-electron chi connectivity index (χ4n) is 3.05. The highest BCUT2D eigenvalue weighted by atomic mass is 16.5. The van der Waals surface area contributed by atoms with E-state index >= 15 is 0 Å². The Morgan fingerprint density at radius 3 is 1.72 bits per heavy atom. The van der Waals surface area contributed by atoms with Gasteiger partial charge in [0.25, 0.3) is 11.8 Å². The third-order valence-corrected chi connectivity index (χ3v) is 4.60. The van der Waals surface area contributed by atoms with Crippen LogP contribution >= 0.6 is 0 Å². The zero-order valence-corrected chi connectivity index (χ0v) is 16.5. The molecule has 0 heterocycles. The highest BCUT2D eigenvalue weighted by Crippen LogP contribution is 2.28. The molecule has 3 rings (SSSR count). The first-order valence-electron chi connectivity index (χ1n) is 9.31. The smallest absolute Gasteiger partial charge is 0.260 e. The van der Waals surface area contributed by atoms with E-state index in [1.807, 2.05) is 30.3 Å². The minimum absolute atomic E-state index is 0.247. The molecule has 148 valence electrons. The molecule has 0 spiro atoms. The molecule has 3 aromatic rings. The van der Waals surface area contributed by atoms with Crippen molar-refractivity contribution in [1.82, 2.24) is 4.90 Å². The second kappa shape index (κ2) is 9.55. The van der Waals surface area contributed by atoms with Gasteiger partial charge in [0, 0.05) is 17.7 Å². The largest absolute Gasteiger partial charge is 0.493 e. The van der Waals surface area contributed by atoms with Crippen LogP contribution in [0.25, 0.3) is 0 Å². The fraction of sp³-hybridized carbons (Fsp3) is 0.167. The van der Waals surface area contributed by atoms with Gasteiger partial charge in [0.2, 0.25) is 0 Å². The van der Waals surface area contributed by atoms with Gasteiger partial charge in [-0.3, -0.25) is 14.5 Å². The summed E-state index contributed by atoms with van der Waals surface area (Å²) in [5.41, 5.74) is 1.89. The van der Waals surface area contributed by atoms with Gasteiger partial charge in [-0.15, -0.1) is 0 Å². The van der Waals surface area contributed by atoms with E-state index in [2.05, 4.69) is 0 Å². The summed E-state index contributed by atoms with van der Waals surface area (Å²) in [5, 5.41) is 0. The molecule has 0 atom stereocenters. The van der Waals surface area contributed by atoms with E-state index in [-0.39, 0.29) is 18.4 Å². The van der Waals surface area contributed by atoms with Gasteiger partial charge in [-0.05, 0) is 48.4 Å². The molecule has 0 unspecified atom stereocenters. The Bertz CT molecular complexity index is 919. The van der Waals surface area contributed by atoms with Crippen LogP contribution in [0, 0.1) is 0 Å². The Kier molecular flexibility index (Phi) is 6.63. The molecule has 5 nitrogen and oxygen atoms in total. The Morgan fingerprint density at radius 1 is 0.724 bits per heavy atom. The Morgan fingerprint density at radius 2 is 1.24 bits per heavy atom. The molecule has 0 saturated heterocycles. The average Bonchev–Trinajstić information content (AvgIpc) is 2.79. The maximum atomic E-state index is 13.1. The van der Waals surface area contributed by atoms with Crippen molar-refractivity contribution in [3.63, 3.8) is 0 Å². The molecule has 0 aliphatic carbocycles. The van der Waals surface area contributed by atoms with E-state index in [4.69, 9.17) is 9.47 Å². The molecule has 0 N–H and O–H groups in total. The van der Waals surface area contributed by atoms with Crippen LogP contribution in [0.3, 0.4) is 0 Å². The molecule has 0 radical (unpaired) electrons. The number of carbonyl (C=O) groups excluding carboxylic acids is 2. The Balaban J connectivity index is 1.85. The van der Waals surface area contributed by atoms with Crippen molar-refractivity contribution >= 4 is 11.8 Å². The Labute approximate surface area is 170 Å². The van der Waals surface area contributed by atoms with Crippen LogP contribution in [-0.2, 0) is 6.42 Å². The lowest BCUT2D eigenvalue weighted by molar-refractivity contribution is 0.0618. The van der Waals surface area contributed by atoms with E-state index < -0.39 is 0 Å². The minimum Gasteiger partial charge on any atom is -0.493 e. The van der Waals surface area contributed by atoms with Crippen LogP contribution in [0.2, 0.25) is 0 Å². The van der Waals surface area contributed by atoms with Gasteiger partial charge in [0.05, 0.1) is 14.2 Å². The van der Waals surface area contributed by atoms with Crippen LogP contribution in [0.4, 0.5) is 0 Å². The van der Waals surface area contributed by atoms with Gasteiger partial charge in [0.15, 0.2) is 11.5 Å². The van der Waals surface area contributed by atoms with Gasteiger partial charge in [0.1, 0.15) is 0 Å². The van der Waals surface area contributed by atoms with Crippen LogP contribution in [0.15, 0.2) is 78.9 Å².